The second-order valence-corrected chi connectivity index (χ2v) is 4.49. The van der Waals surface area contributed by atoms with Gasteiger partial charge in [0.05, 0.1) is 18.5 Å². The van der Waals surface area contributed by atoms with Crippen LogP contribution in [0.15, 0.2) is 30.9 Å². The van der Waals surface area contributed by atoms with E-state index in [4.69, 9.17) is 5.26 Å². The molecule has 5 nitrogen and oxygen atoms in total. The van der Waals surface area contributed by atoms with Gasteiger partial charge in [-0.2, -0.15) is 10.4 Å². The Morgan fingerprint density at radius 2 is 2.25 bits per heavy atom. The Balaban J connectivity index is 2.49. The molecule has 0 fully saturated rings. The van der Waals surface area contributed by atoms with E-state index in [1.54, 1.807) is 0 Å². The van der Waals surface area contributed by atoms with Gasteiger partial charge in [0.2, 0.25) is 0 Å². The van der Waals surface area contributed by atoms with E-state index in [0.717, 1.165) is 12.1 Å². The third-order valence-corrected chi connectivity index (χ3v) is 3.18. The molecule has 104 valence electrons. The molecule has 2 aromatic rings. The summed E-state index contributed by atoms with van der Waals surface area (Å²) in [5, 5.41) is 23.6. The van der Waals surface area contributed by atoms with Crippen molar-refractivity contribution in [1.29, 1.82) is 5.26 Å². The predicted molar refractivity (Wildman–Crippen MR) is 65.1 cm³/mol. The van der Waals surface area contributed by atoms with E-state index in [9.17, 15) is 13.9 Å². The van der Waals surface area contributed by atoms with Crippen molar-refractivity contribution < 1.29 is 13.9 Å². The van der Waals surface area contributed by atoms with Crippen LogP contribution in [0.25, 0.3) is 0 Å². The lowest BCUT2D eigenvalue weighted by molar-refractivity contribution is -0.0197. The van der Waals surface area contributed by atoms with E-state index in [1.807, 2.05) is 6.07 Å². The molecule has 0 saturated heterocycles. The highest BCUT2D eigenvalue weighted by atomic mass is 19.1. The molecule has 0 aliphatic heterocycles. The number of hydrogen-bond acceptors (Lipinski definition) is 4. The molecule has 0 bridgehead atoms. The van der Waals surface area contributed by atoms with Crippen molar-refractivity contribution in [2.45, 2.75) is 19.1 Å². The molecule has 0 spiro atoms. The SMILES string of the molecule is C[C@H](C#N)[C@](O)(Cn1cncn1)c1ccc(F)cc1F. The van der Waals surface area contributed by atoms with Crippen LogP contribution < -0.4 is 0 Å². The zero-order valence-electron chi connectivity index (χ0n) is 10.7. The van der Waals surface area contributed by atoms with E-state index >= 15 is 0 Å². The quantitative estimate of drug-likeness (QED) is 0.921. The predicted octanol–water partition coefficient (Wildman–Crippen LogP) is 1.60. The lowest BCUT2D eigenvalue weighted by Gasteiger charge is -2.31. The molecule has 0 saturated carbocycles. The van der Waals surface area contributed by atoms with E-state index in [2.05, 4.69) is 10.1 Å². The molecule has 2 atom stereocenters. The van der Waals surface area contributed by atoms with E-state index in [1.165, 1.54) is 24.3 Å². The average Bonchev–Trinajstić information content (AvgIpc) is 2.90. The Kier molecular flexibility index (Phi) is 3.77. The normalized spacial score (nSPS) is 15.3. The van der Waals surface area contributed by atoms with Crippen molar-refractivity contribution in [2.24, 2.45) is 5.92 Å². The van der Waals surface area contributed by atoms with Gasteiger partial charge in [0, 0.05) is 11.6 Å². The molecule has 7 heteroatoms. The molecule has 1 N–H and O–H groups in total. The molecular weight excluding hydrogens is 266 g/mol. The van der Waals surface area contributed by atoms with Crippen LogP contribution in [-0.4, -0.2) is 19.9 Å². The summed E-state index contributed by atoms with van der Waals surface area (Å²) < 4.78 is 28.2. The summed E-state index contributed by atoms with van der Waals surface area (Å²) in [4.78, 5) is 3.73. The van der Waals surface area contributed by atoms with Crippen LogP contribution >= 0.6 is 0 Å². The zero-order chi connectivity index (χ0) is 14.8. The molecule has 0 aliphatic rings. The maximum Gasteiger partial charge on any atom is 0.137 e. The van der Waals surface area contributed by atoms with Gasteiger partial charge in [-0.3, -0.25) is 0 Å². The molecule has 1 aromatic carbocycles. The number of benzene rings is 1. The van der Waals surface area contributed by atoms with Gasteiger partial charge in [-0.15, -0.1) is 0 Å². The Morgan fingerprint density at radius 1 is 1.50 bits per heavy atom. The summed E-state index contributed by atoms with van der Waals surface area (Å²) in [6.07, 6.45) is 2.61. The molecular formula is C13H12F2N4O. The Morgan fingerprint density at radius 3 is 2.80 bits per heavy atom. The zero-order valence-corrected chi connectivity index (χ0v) is 10.7. The highest BCUT2D eigenvalue weighted by Gasteiger charge is 2.39. The summed E-state index contributed by atoms with van der Waals surface area (Å²) in [5.74, 6) is -2.58. The van der Waals surface area contributed by atoms with Gasteiger partial charge in [0.15, 0.2) is 0 Å². The van der Waals surface area contributed by atoms with Gasteiger partial charge in [-0.1, -0.05) is 6.07 Å². The molecule has 0 aliphatic carbocycles. The maximum absolute atomic E-state index is 13.9. The van der Waals surface area contributed by atoms with Gasteiger partial charge in [0.1, 0.15) is 29.9 Å². The molecule has 0 unspecified atom stereocenters. The maximum atomic E-state index is 13.9. The van der Waals surface area contributed by atoms with Gasteiger partial charge >= 0.3 is 0 Å². The van der Waals surface area contributed by atoms with Gasteiger partial charge < -0.3 is 5.11 Å². The fourth-order valence-corrected chi connectivity index (χ4v) is 1.96. The second kappa shape index (κ2) is 5.35. The number of aromatic nitrogens is 3. The third-order valence-electron chi connectivity index (χ3n) is 3.18. The minimum absolute atomic E-state index is 0.150. The van der Waals surface area contributed by atoms with Crippen molar-refractivity contribution in [3.05, 3.63) is 48.1 Å². The monoisotopic (exact) mass is 278 g/mol. The number of aliphatic hydroxyl groups is 1. The van der Waals surface area contributed by atoms with E-state index in [-0.39, 0.29) is 12.1 Å². The first-order valence-corrected chi connectivity index (χ1v) is 5.87. The number of hydrogen-bond donors (Lipinski definition) is 1. The molecule has 0 radical (unpaired) electrons. The summed E-state index contributed by atoms with van der Waals surface area (Å²) in [6.45, 7) is 1.30. The number of nitriles is 1. The first-order valence-electron chi connectivity index (χ1n) is 5.87. The van der Waals surface area contributed by atoms with Crippen LogP contribution in [0, 0.1) is 28.9 Å². The van der Waals surface area contributed by atoms with Crippen molar-refractivity contribution >= 4 is 0 Å². The number of rotatable bonds is 4. The van der Waals surface area contributed by atoms with Crippen molar-refractivity contribution in [1.82, 2.24) is 14.8 Å². The topological polar surface area (TPSA) is 74.7 Å². The van der Waals surface area contributed by atoms with Crippen LogP contribution in [-0.2, 0) is 12.1 Å². The van der Waals surface area contributed by atoms with Gasteiger partial charge in [-0.05, 0) is 13.0 Å². The third kappa shape index (κ3) is 2.51. The summed E-state index contributed by atoms with van der Waals surface area (Å²) in [5.41, 5.74) is -1.98. The minimum atomic E-state index is -1.83. The molecule has 1 heterocycles. The lowest BCUT2D eigenvalue weighted by Crippen LogP contribution is -2.38. The van der Waals surface area contributed by atoms with E-state index in [0.29, 0.717) is 6.07 Å². The molecule has 2 rings (SSSR count). The van der Waals surface area contributed by atoms with Crippen molar-refractivity contribution in [3.8, 4) is 6.07 Å². The van der Waals surface area contributed by atoms with Crippen LogP contribution in [0.5, 0.6) is 0 Å². The smallest absolute Gasteiger partial charge is 0.137 e. The van der Waals surface area contributed by atoms with Crippen LogP contribution in [0.4, 0.5) is 8.78 Å². The Labute approximate surface area is 114 Å². The van der Waals surface area contributed by atoms with Crippen LogP contribution in [0.1, 0.15) is 12.5 Å². The highest BCUT2D eigenvalue weighted by molar-refractivity contribution is 5.27. The van der Waals surface area contributed by atoms with Crippen molar-refractivity contribution in [3.63, 3.8) is 0 Å². The highest BCUT2D eigenvalue weighted by Crippen LogP contribution is 2.33. The van der Waals surface area contributed by atoms with Crippen LogP contribution in [0.3, 0.4) is 0 Å². The van der Waals surface area contributed by atoms with Crippen molar-refractivity contribution in [2.75, 3.05) is 0 Å². The second-order valence-electron chi connectivity index (χ2n) is 4.49. The summed E-state index contributed by atoms with van der Waals surface area (Å²) >= 11 is 0. The minimum Gasteiger partial charge on any atom is -0.382 e. The molecule has 1 aromatic heterocycles. The Hall–Kier alpha value is -2.33. The van der Waals surface area contributed by atoms with E-state index < -0.39 is 23.2 Å². The van der Waals surface area contributed by atoms with Crippen LogP contribution in [0.2, 0.25) is 0 Å². The molecule has 0 amide bonds. The summed E-state index contributed by atoms with van der Waals surface area (Å²) in [6, 6.07) is 4.73. The molecule has 20 heavy (non-hydrogen) atoms. The Bertz CT molecular complexity index is 638. The van der Waals surface area contributed by atoms with Gasteiger partial charge in [0.25, 0.3) is 0 Å². The average molecular weight is 278 g/mol. The standard InChI is InChI=1S/C13H12F2N4O/c1-9(5-16)13(20,6-19-8-17-7-18-19)11-3-2-10(14)4-12(11)15/h2-4,7-9,20H,6H2,1H3/t9-,13-/m1/s1. The fraction of sp³-hybridized carbons (Fsp3) is 0.308. The first-order chi connectivity index (χ1) is 9.47. The lowest BCUT2D eigenvalue weighted by atomic mass is 9.82. The van der Waals surface area contributed by atoms with Gasteiger partial charge in [-0.25, -0.2) is 18.4 Å². The number of nitrogens with zero attached hydrogens (tertiary/aromatic N) is 4. The largest absolute Gasteiger partial charge is 0.382 e. The first kappa shape index (κ1) is 14.1. The fourth-order valence-electron chi connectivity index (χ4n) is 1.96. The number of halogens is 2. The summed E-state index contributed by atoms with van der Waals surface area (Å²) in [7, 11) is 0.